The predicted octanol–water partition coefficient (Wildman–Crippen LogP) is 0.585. The molecule has 15 heavy (non-hydrogen) atoms. The molecule has 0 unspecified atom stereocenters. The van der Waals surface area contributed by atoms with E-state index in [-0.39, 0.29) is 12.5 Å². The molecule has 0 saturated carbocycles. The third kappa shape index (κ3) is 1.85. The molecule has 4 nitrogen and oxygen atoms in total. The highest BCUT2D eigenvalue weighted by molar-refractivity contribution is 5.83. The zero-order chi connectivity index (χ0) is 10.8. The number of rotatable bonds is 3. The van der Waals surface area contributed by atoms with E-state index in [2.05, 4.69) is 0 Å². The van der Waals surface area contributed by atoms with E-state index in [1.54, 1.807) is 0 Å². The van der Waals surface area contributed by atoms with E-state index in [1.165, 1.54) is 0 Å². The molecule has 1 heterocycles. The van der Waals surface area contributed by atoms with E-state index >= 15 is 0 Å². The molecule has 0 spiro atoms. The van der Waals surface area contributed by atoms with Crippen molar-refractivity contribution in [1.29, 1.82) is 0 Å². The minimum absolute atomic E-state index is 0.214. The quantitative estimate of drug-likeness (QED) is 0.766. The summed E-state index contributed by atoms with van der Waals surface area (Å²) in [6.45, 7) is 0.739. The number of carbonyl (C=O) groups excluding carboxylic acids is 1. The molecule has 4 heteroatoms. The fourth-order valence-electron chi connectivity index (χ4n) is 1.68. The minimum atomic E-state index is -0.338. The zero-order valence-corrected chi connectivity index (χ0v) is 8.31. The topological polar surface area (TPSA) is 74.0 Å². The smallest absolute Gasteiger partial charge is 0.237 e. The highest BCUT2D eigenvalue weighted by Gasteiger charge is 2.03. The largest absolute Gasteiger partial charge is 0.368 e. The number of primary amides is 1. The molecule has 1 aromatic carbocycles. The third-order valence-electron chi connectivity index (χ3n) is 2.40. The molecule has 0 saturated heterocycles. The van der Waals surface area contributed by atoms with Gasteiger partial charge in [0.15, 0.2) is 0 Å². The number of aromatic nitrogens is 1. The van der Waals surface area contributed by atoms with Crippen LogP contribution in [0.2, 0.25) is 0 Å². The predicted molar refractivity (Wildman–Crippen MR) is 59.0 cm³/mol. The molecule has 2 rings (SSSR count). The maximum atomic E-state index is 10.8. The average Bonchev–Trinajstić information content (AvgIpc) is 2.60. The molecule has 1 aromatic heterocycles. The Hall–Kier alpha value is -1.81. The number of amides is 1. The Balaban J connectivity index is 2.47. The number of benzene rings is 1. The van der Waals surface area contributed by atoms with Gasteiger partial charge in [-0.05, 0) is 29.1 Å². The Morgan fingerprint density at radius 2 is 2.13 bits per heavy atom. The highest BCUT2D eigenvalue weighted by Crippen LogP contribution is 2.17. The van der Waals surface area contributed by atoms with Crippen LogP contribution >= 0.6 is 0 Å². The standard InChI is InChI=1S/C11H13N3O/c12-6-8-1-2-10-9(5-8)3-4-14(10)7-11(13)15/h1-5H,6-7,12H2,(H2,13,15). The third-order valence-corrected chi connectivity index (χ3v) is 2.40. The van der Waals surface area contributed by atoms with Crippen molar-refractivity contribution in [2.45, 2.75) is 13.1 Å². The van der Waals surface area contributed by atoms with Gasteiger partial charge in [0.25, 0.3) is 0 Å². The van der Waals surface area contributed by atoms with E-state index in [0.29, 0.717) is 6.54 Å². The summed E-state index contributed by atoms with van der Waals surface area (Å²) in [7, 11) is 0. The molecule has 0 aliphatic rings. The lowest BCUT2D eigenvalue weighted by Crippen LogP contribution is -2.17. The van der Waals surface area contributed by atoms with Crippen molar-refractivity contribution in [2.75, 3.05) is 0 Å². The molecule has 0 aliphatic carbocycles. The number of hydrogen-bond donors (Lipinski definition) is 2. The summed E-state index contributed by atoms with van der Waals surface area (Å²) >= 11 is 0. The van der Waals surface area contributed by atoms with Crippen LogP contribution in [0.3, 0.4) is 0 Å². The number of carbonyl (C=O) groups is 1. The fourth-order valence-corrected chi connectivity index (χ4v) is 1.68. The first-order valence-corrected chi connectivity index (χ1v) is 4.77. The van der Waals surface area contributed by atoms with E-state index < -0.39 is 0 Å². The monoisotopic (exact) mass is 203 g/mol. The molecule has 0 radical (unpaired) electrons. The van der Waals surface area contributed by atoms with Crippen molar-refractivity contribution in [3.8, 4) is 0 Å². The summed E-state index contributed by atoms with van der Waals surface area (Å²) in [5.74, 6) is -0.338. The molecular formula is C11H13N3O. The number of hydrogen-bond acceptors (Lipinski definition) is 2. The number of fused-ring (bicyclic) bond motifs is 1. The van der Waals surface area contributed by atoms with Gasteiger partial charge in [0.2, 0.25) is 5.91 Å². The van der Waals surface area contributed by atoms with Crippen LogP contribution in [-0.2, 0) is 17.9 Å². The Kier molecular flexibility index (Phi) is 2.43. The lowest BCUT2D eigenvalue weighted by molar-refractivity contribution is -0.118. The Morgan fingerprint density at radius 1 is 1.33 bits per heavy atom. The van der Waals surface area contributed by atoms with Gasteiger partial charge in [-0.15, -0.1) is 0 Å². The van der Waals surface area contributed by atoms with Crippen LogP contribution in [-0.4, -0.2) is 10.5 Å². The van der Waals surface area contributed by atoms with Crippen molar-refractivity contribution in [1.82, 2.24) is 4.57 Å². The minimum Gasteiger partial charge on any atom is -0.368 e. The molecule has 0 fully saturated rings. The van der Waals surface area contributed by atoms with Crippen LogP contribution in [0.25, 0.3) is 10.9 Å². The Labute approximate surface area is 87.5 Å². The summed E-state index contributed by atoms with van der Waals surface area (Å²) in [4.78, 5) is 10.8. The van der Waals surface area contributed by atoms with Crippen LogP contribution in [0.4, 0.5) is 0 Å². The first kappa shape index (κ1) is 9.73. The molecule has 4 N–H and O–H groups in total. The zero-order valence-electron chi connectivity index (χ0n) is 8.31. The van der Waals surface area contributed by atoms with Crippen LogP contribution in [0, 0.1) is 0 Å². The summed E-state index contributed by atoms with van der Waals surface area (Å²) in [6, 6.07) is 7.89. The van der Waals surface area contributed by atoms with Crippen molar-refractivity contribution in [3.05, 3.63) is 36.0 Å². The van der Waals surface area contributed by atoms with Gasteiger partial charge in [0.05, 0.1) is 0 Å². The van der Waals surface area contributed by atoms with Gasteiger partial charge in [-0.25, -0.2) is 0 Å². The van der Waals surface area contributed by atoms with Crippen molar-refractivity contribution >= 4 is 16.8 Å². The molecule has 0 bridgehead atoms. The Morgan fingerprint density at radius 3 is 2.80 bits per heavy atom. The average molecular weight is 203 g/mol. The van der Waals surface area contributed by atoms with Crippen molar-refractivity contribution in [3.63, 3.8) is 0 Å². The molecule has 1 amide bonds. The lowest BCUT2D eigenvalue weighted by atomic mass is 10.1. The summed E-state index contributed by atoms with van der Waals surface area (Å²) in [5, 5.41) is 1.08. The van der Waals surface area contributed by atoms with Gasteiger partial charge in [-0.2, -0.15) is 0 Å². The molecule has 78 valence electrons. The molecule has 0 aliphatic heterocycles. The van der Waals surface area contributed by atoms with Gasteiger partial charge in [-0.1, -0.05) is 6.07 Å². The molecule has 2 aromatic rings. The fraction of sp³-hybridized carbons (Fsp3) is 0.182. The SMILES string of the molecule is NCc1ccc2c(ccn2CC(N)=O)c1. The molecule has 0 atom stereocenters. The summed E-state index contributed by atoms with van der Waals surface area (Å²) in [6.07, 6.45) is 1.86. The first-order chi connectivity index (χ1) is 7.20. The second-order valence-corrected chi connectivity index (χ2v) is 3.51. The van der Waals surface area contributed by atoms with E-state index in [9.17, 15) is 4.79 Å². The van der Waals surface area contributed by atoms with Crippen molar-refractivity contribution < 1.29 is 4.79 Å². The van der Waals surface area contributed by atoms with Gasteiger partial charge in [0.1, 0.15) is 6.54 Å². The number of nitrogens with zero attached hydrogens (tertiary/aromatic N) is 1. The Bertz CT molecular complexity index is 502. The highest BCUT2D eigenvalue weighted by atomic mass is 16.1. The summed E-state index contributed by atoms with van der Waals surface area (Å²) in [5.41, 5.74) is 12.8. The summed E-state index contributed by atoms with van der Waals surface area (Å²) < 4.78 is 1.83. The van der Waals surface area contributed by atoms with Crippen LogP contribution < -0.4 is 11.5 Å². The lowest BCUT2D eigenvalue weighted by Gasteiger charge is -2.02. The van der Waals surface area contributed by atoms with Crippen LogP contribution in [0.15, 0.2) is 30.5 Å². The molecular weight excluding hydrogens is 190 g/mol. The van der Waals surface area contributed by atoms with E-state index in [1.807, 2.05) is 35.0 Å². The normalized spacial score (nSPS) is 10.7. The van der Waals surface area contributed by atoms with Crippen molar-refractivity contribution in [2.24, 2.45) is 11.5 Å². The number of nitrogens with two attached hydrogens (primary N) is 2. The van der Waals surface area contributed by atoms with Crippen LogP contribution in [0.1, 0.15) is 5.56 Å². The maximum absolute atomic E-state index is 10.8. The van der Waals surface area contributed by atoms with Gasteiger partial charge in [-0.3, -0.25) is 4.79 Å². The van der Waals surface area contributed by atoms with Gasteiger partial charge < -0.3 is 16.0 Å². The van der Waals surface area contributed by atoms with Gasteiger partial charge in [0, 0.05) is 18.3 Å². The maximum Gasteiger partial charge on any atom is 0.237 e. The first-order valence-electron chi connectivity index (χ1n) is 4.77. The second kappa shape index (κ2) is 3.74. The van der Waals surface area contributed by atoms with E-state index in [4.69, 9.17) is 11.5 Å². The van der Waals surface area contributed by atoms with Crippen LogP contribution in [0.5, 0.6) is 0 Å². The second-order valence-electron chi connectivity index (χ2n) is 3.51. The van der Waals surface area contributed by atoms with E-state index in [0.717, 1.165) is 16.5 Å². The van der Waals surface area contributed by atoms with Gasteiger partial charge >= 0.3 is 0 Å².